The summed E-state index contributed by atoms with van der Waals surface area (Å²) < 4.78 is 16.5. The van der Waals surface area contributed by atoms with Gasteiger partial charge in [0.2, 0.25) is 5.75 Å². The molecule has 2 aromatic carbocycles. The van der Waals surface area contributed by atoms with Crippen molar-refractivity contribution in [1.29, 1.82) is 0 Å². The van der Waals surface area contributed by atoms with Crippen molar-refractivity contribution in [2.45, 2.75) is 124 Å². The van der Waals surface area contributed by atoms with Crippen molar-refractivity contribution in [2.75, 3.05) is 7.11 Å². The minimum atomic E-state index is -1.06. The molecule has 45 heavy (non-hydrogen) atoms. The number of carbonyl (C=O) groups is 4. The molecule has 0 unspecified atom stereocenters. The second kappa shape index (κ2) is 20.2. The van der Waals surface area contributed by atoms with Crippen LogP contribution in [0, 0.1) is 0 Å². The van der Waals surface area contributed by atoms with E-state index in [-0.39, 0.29) is 25.9 Å². The van der Waals surface area contributed by atoms with Crippen LogP contribution >= 0.6 is 0 Å². The van der Waals surface area contributed by atoms with Gasteiger partial charge in [-0.25, -0.2) is 4.79 Å². The first-order valence-electron chi connectivity index (χ1n) is 16.4. The van der Waals surface area contributed by atoms with E-state index in [1.165, 1.54) is 7.11 Å². The van der Waals surface area contributed by atoms with Gasteiger partial charge in [0.25, 0.3) is 0 Å². The number of unbranched alkanes of at least 4 members (excludes halogenated alkanes) is 9. The van der Waals surface area contributed by atoms with Crippen molar-refractivity contribution in [1.82, 2.24) is 0 Å². The van der Waals surface area contributed by atoms with E-state index in [9.17, 15) is 29.4 Å². The summed E-state index contributed by atoms with van der Waals surface area (Å²) in [6, 6.07) is 6.90. The fourth-order valence-electron chi connectivity index (χ4n) is 5.12. The number of methoxy groups -OCH3 is 1. The maximum absolute atomic E-state index is 13.9. The summed E-state index contributed by atoms with van der Waals surface area (Å²) in [6.45, 7) is 5.85. The first-order chi connectivity index (χ1) is 21.7. The molecule has 0 aromatic heterocycles. The molecule has 0 aliphatic rings. The van der Waals surface area contributed by atoms with Crippen LogP contribution in [0.3, 0.4) is 0 Å². The van der Waals surface area contributed by atoms with Gasteiger partial charge < -0.3 is 24.4 Å². The van der Waals surface area contributed by atoms with Crippen LogP contribution in [0.5, 0.6) is 23.0 Å². The molecular formula is C36H50O9. The van der Waals surface area contributed by atoms with Gasteiger partial charge in [-0.3, -0.25) is 14.4 Å². The van der Waals surface area contributed by atoms with Crippen LogP contribution in [0.15, 0.2) is 24.3 Å². The van der Waals surface area contributed by atoms with Crippen LogP contribution < -0.4 is 9.47 Å². The first kappa shape index (κ1) is 37.3. The quantitative estimate of drug-likeness (QED) is 0.0432. The van der Waals surface area contributed by atoms with E-state index in [0.29, 0.717) is 30.6 Å². The lowest BCUT2D eigenvalue weighted by Crippen LogP contribution is -2.21. The number of carbonyl (C=O) groups excluding carboxylic acids is 4. The van der Waals surface area contributed by atoms with Crippen molar-refractivity contribution in [3.63, 3.8) is 0 Å². The SMILES string of the molecule is CCCCCCC(=O)Oc1c(O)c(O)c(C(=O)CCCCCC)c(C(=O)OCc2ccccc2OC)c1C(=O)CCCCCC. The monoisotopic (exact) mass is 626 g/mol. The maximum Gasteiger partial charge on any atom is 0.340 e. The Bertz CT molecular complexity index is 1280. The normalized spacial score (nSPS) is 10.8. The third-order valence-corrected chi connectivity index (χ3v) is 7.68. The smallest absolute Gasteiger partial charge is 0.340 e. The summed E-state index contributed by atoms with van der Waals surface area (Å²) in [5, 5.41) is 22.3. The molecule has 0 saturated heterocycles. The summed E-state index contributed by atoms with van der Waals surface area (Å²) >= 11 is 0. The fraction of sp³-hybridized carbons (Fsp3) is 0.556. The van der Waals surface area contributed by atoms with Gasteiger partial charge in [0.05, 0.1) is 23.8 Å². The standard InChI is InChI=1S/C36H50O9/c1-5-8-11-14-20-26(37)30-32(36(42)44-24-25-19-17-18-22-28(25)43-4)31(27(38)21-15-12-9-6-2)35(34(41)33(30)40)45-29(39)23-16-13-10-7-3/h17-19,22,40-41H,5-16,20-21,23-24H2,1-4H3. The molecule has 0 bridgehead atoms. The number of Topliss-reactive ketones (excluding diaryl/α,β-unsaturated/α-hetero) is 2. The Kier molecular flexibility index (Phi) is 16.8. The van der Waals surface area contributed by atoms with Crippen molar-refractivity contribution in [3.8, 4) is 23.0 Å². The zero-order valence-electron chi connectivity index (χ0n) is 27.4. The minimum absolute atomic E-state index is 0.00994. The van der Waals surface area contributed by atoms with Crippen LogP contribution in [0.1, 0.15) is 154 Å². The second-order valence-electron chi connectivity index (χ2n) is 11.3. The number of aromatic hydroxyl groups is 2. The van der Waals surface area contributed by atoms with E-state index < -0.39 is 57.4 Å². The minimum Gasteiger partial charge on any atom is -0.504 e. The third-order valence-electron chi connectivity index (χ3n) is 7.68. The Morgan fingerprint density at radius 3 is 1.73 bits per heavy atom. The van der Waals surface area contributed by atoms with E-state index in [1.807, 2.05) is 20.8 Å². The number of rotatable bonds is 22. The molecule has 0 heterocycles. The first-order valence-corrected chi connectivity index (χ1v) is 16.4. The molecule has 0 saturated carbocycles. The largest absolute Gasteiger partial charge is 0.504 e. The molecule has 0 atom stereocenters. The number of ketones is 2. The van der Waals surface area contributed by atoms with Crippen molar-refractivity contribution in [2.24, 2.45) is 0 Å². The van der Waals surface area contributed by atoms with Crippen LogP contribution in [0.25, 0.3) is 0 Å². The Labute approximate surface area is 267 Å². The predicted octanol–water partition coefficient (Wildman–Crippen LogP) is 8.65. The Morgan fingerprint density at radius 1 is 0.644 bits per heavy atom. The molecule has 2 aromatic rings. The summed E-state index contributed by atoms with van der Waals surface area (Å²) in [5.74, 6) is -5.02. The van der Waals surface area contributed by atoms with Gasteiger partial charge >= 0.3 is 11.9 Å². The molecular weight excluding hydrogens is 576 g/mol. The number of phenolic OH excluding ortho intramolecular Hbond substituents is 2. The highest BCUT2D eigenvalue weighted by atomic mass is 16.5. The highest BCUT2D eigenvalue weighted by Gasteiger charge is 2.36. The second-order valence-corrected chi connectivity index (χ2v) is 11.3. The Hall–Kier alpha value is -3.88. The number of ether oxygens (including phenoxy) is 3. The molecule has 0 aliphatic heterocycles. The fourth-order valence-corrected chi connectivity index (χ4v) is 5.12. The van der Waals surface area contributed by atoms with Gasteiger partial charge in [0.15, 0.2) is 23.1 Å². The average molecular weight is 627 g/mol. The molecule has 0 radical (unpaired) electrons. The van der Waals surface area contributed by atoms with Gasteiger partial charge in [-0.15, -0.1) is 0 Å². The summed E-state index contributed by atoms with van der Waals surface area (Å²) in [6.07, 6.45) is 9.30. The predicted molar refractivity (Wildman–Crippen MR) is 172 cm³/mol. The Morgan fingerprint density at radius 2 is 1.18 bits per heavy atom. The van der Waals surface area contributed by atoms with E-state index in [4.69, 9.17) is 14.2 Å². The number of para-hydroxylation sites is 1. The van der Waals surface area contributed by atoms with Gasteiger partial charge in [0, 0.05) is 24.8 Å². The molecule has 0 fully saturated rings. The number of hydrogen-bond acceptors (Lipinski definition) is 9. The third kappa shape index (κ3) is 11.2. The van der Waals surface area contributed by atoms with Crippen LogP contribution in [0.4, 0.5) is 0 Å². The molecule has 2 N–H and O–H groups in total. The zero-order chi connectivity index (χ0) is 33.2. The molecule has 0 aliphatic carbocycles. The topological polar surface area (TPSA) is 136 Å². The molecule has 9 heteroatoms. The molecule has 0 amide bonds. The number of benzene rings is 2. The molecule has 0 spiro atoms. The van der Waals surface area contributed by atoms with E-state index >= 15 is 0 Å². The van der Waals surface area contributed by atoms with E-state index in [2.05, 4.69) is 0 Å². The van der Waals surface area contributed by atoms with Gasteiger partial charge in [0.1, 0.15) is 12.4 Å². The van der Waals surface area contributed by atoms with Gasteiger partial charge in [-0.2, -0.15) is 0 Å². The van der Waals surface area contributed by atoms with E-state index in [1.54, 1.807) is 24.3 Å². The summed E-state index contributed by atoms with van der Waals surface area (Å²) in [7, 11) is 1.48. The van der Waals surface area contributed by atoms with Crippen molar-refractivity contribution in [3.05, 3.63) is 46.5 Å². The highest BCUT2D eigenvalue weighted by Crippen LogP contribution is 2.46. The van der Waals surface area contributed by atoms with Crippen LogP contribution in [-0.2, 0) is 16.1 Å². The Balaban J connectivity index is 2.67. The van der Waals surface area contributed by atoms with Crippen LogP contribution in [-0.4, -0.2) is 40.8 Å². The lowest BCUT2D eigenvalue weighted by Gasteiger charge is -2.20. The van der Waals surface area contributed by atoms with Crippen molar-refractivity contribution >= 4 is 23.5 Å². The van der Waals surface area contributed by atoms with Crippen LogP contribution in [0.2, 0.25) is 0 Å². The highest BCUT2D eigenvalue weighted by molar-refractivity contribution is 6.17. The molecule has 248 valence electrons. The number of esters is 2. The lowest BCUT2D eigenvalue weighted by molar-refractivity contribution is -0.134. The van der Waals surface area contributed by atoms with E-state index in [0.717, 1.165) is 57.8 Å². The number of hydrogen-bond donors (Lipinski definition) is 2. The lowest BCUT2D eigenvalue weighted by atomic mass is 9.89. The van der Waals surface area contributed by atoms with Gasteiger partial charge in [-0.05, 0) is 25.3 Å². The number of phenols is 2. The zero-order valence-corrected chi connectivity index (χ0v) is 27.4. The average Bonchev–Trinajstić information content (AvgIpc) is 3.04. The molecule has 2 rings (SSSR count). The van der Waals surface area contributed by atoms with Gasteiger partial charge in [-0.1, -0.05) is 96.8 Å². The summed E-state index contributed by atoms with van der Waals surface area (Å²) in [4.78, 5) is 54.1. The van der Waals surface area contributed by atoms with Crippen molar-refractivity contribution < 1.29 is 43.6 Å². The summed E-state index contributed by atoms with van der Waals surface area (Å²) in [5.41, 5.74) is -0.899. The molecule has 9 nitrogen and oxygen atoms in total. The maximum atomic E-state index is 13.9.